The lowest BCUT2D eigenvalue weighted by Crippen LogP contribution is -2.34. The van der Waals surface area contributed by atoms with Gasteiger partial charge < -0.3 is 14.6 Å². The molecule has 0 aromatic rings. The number of rotatable bonds is 7. The molecule has 1 rings (SSSR count). The summed E-state index contributed by atoms with van der Waals surface area (Å²) in [5, 5.41) is 9.21. The molecule has 5 heteroatoms. The summed E-state index contributed by atoms with van der Waals surface area (Å²) < 4.78 is 24.1. The van der Waals surface area contributed by atoms with Crippen molar-refractivity contribution in [2.24, 2.45) is 0 Å². The van der Waals surface area contributed by atoms with Gasteiger partial charge in [-0.05, 0) is 0 Å². The molecule has 1 N–H and O–H groups in total. The van der Waals surface area contributed by atoms with Crippen LogP contribution < -0.4 is 0 Å². The smallest absolute Gasteiger partial charge is 0.162 e. The van der Waals surface area contributed by atoms with Crippen LogP contribution in [0.4, 0.5) is 4.39 Å². The fourth-order valence-electron chi connectivity index (χ4n) is 1.48. The Kier molecular flexibility index (Phi) is 6.05. The Bertz CT molecular complexity index is 237. The lowest BCUT2D eigenvalue weighted by atomic mass is 10.2. The van der Waals surface area contributed by atoms with Crippen molar-refractivity contribution in [3.05, 3.63) is 25.3 Å². The number of thioether (sulfide) groups is 1. The van der Waals surface area contributed by atoms with Crippen LogP contribution in [-0.4, -0.2) is 47.9 Å². The minimum absolute atomic E-state index is 0.190. The average Bonchev–Trinajstić information content (AvgIpc) is 2.53. The molecule has 3 nitrogen and oxygen atoms in total. The molecule has 0 aromatic heterocycles. The molecule has 1 heterocycles. The van der Waals surface area contributed by atoms with Crippen molar-refractivity contribution in [2.45, 2.75) is 23.0 Å². The molecular formula is C11H17FO3S. The minimum Gasteiger partial charge on any atom is -0.379 e. The molecule has 1 aliphatic heterocycles. The van der Waals surface area contributed by atoms with Gasteiger partial charge in [0.25, 0.3) is 0 Å². The molecule has 0 amide bonds. The minimum atomic E-state index is -1.37. The van der Waals surface area contributed by atoms with E-state index in [2.05, 4.69) is 13.2 Å². The summed E-state index contributed by atoms with van der Waals surface area (Å²) in [5.74, 6) is 0. The Hall–Kier alpha value is -0.360. The van der Waals surface area contributed by atoms with Crippen LogP contribution in [0.3, 0.4) is 0 Å². The summed E-state index contributed by atoms with van der Waals surface area (Å²) >= 11 is 1.14. The third-order valence-electron chi connectivity index (χ3n) is 2.19. The van der Waals surface area contributed by atoms with Gasteiger partial charge in [0.2, 0.25) is 0 Å². The molecule has 0 saturated carbocycles. The Morgan fingerprint density at radius 1 is 1.31 bits per heavy atom. The van der Waals surface area contributed by atoms with E-state index in [1.54, 1.807) is 12.2 Å². The molecule has 1 fully saturated rings. The van der Waals surface area contributed by atoms with Gasteiger partial charge in [-0.3, -0.25) is 0 Å². The van der Waals surface area contributed by atoms with E-state index >= 15 is 0 Å². The van der Waals surface area contributed by atoms with Crippen molar-refractivity contribution >= 4 is 11.8 Å². The van der Waals surface area contributed by atoms with Crippen molar-refractivity contribution in [1.82, 2.24) is 0 Å². The SMILES string of the molecule is C=CCOC[C@H]1SC(O)[C@H](F)[C@@H]1OCC=C. The van der Waals surface area contributed by atoms with E-state index in [0.717, 1.165) is 11.8 Å². The first-order chi connectivity index (χ1) is 7.70. The van der Waals surface area contributed by atoms with E-state index in [9.17, 15) is 9.50 Å². The molecule has 0 aliphatic carbocycles. The van der Waals surface area contributed by atoms with Crippen LogP contribution in [0.1, 0.15) is 0 Å². The molecular weight excluding hydrogens is 231 g/mol. The van der Waals surface area contributed by atoms with Crippen molar-refractivity contribution < 1.29 is 19.0 Å². The van der Waals surface area contributed by atoms with E-state index in [1.165, 1.54) is 0 Å². The van der Waals surface area contributed by atoms with Gasteiger partial charge >= 0.3 is 0 Å². The highest BCUT2D eigenvalue weighted by atomic mass is 32.2. The highest BCUT2D eigenvalue weighted by molar-refractivity contribution is 8.00. The highest BCUT2D eigenvalue weighted by Crippen LogP contribution is 2.36. The first kappa shape index (κ1) is 13.7. The van der Waals surface area contributed by atoms with Gasteiger partial charge in [-0.1, -0.05) is 12.2 Å². The summed E-state index contributed by atoms with van der Waals surface area (Å²) in [4.78, 5) is 0. The number of hydrogen-bond donors (Lipinski definition) is 1. The van der Waals surface area contributed by atoms with E-state index in [0.29, 0.717) is 13.2 Å². The number of hydrogen-bond acceptors (Lipinski definition) is 4. The molecule has 0 spiro atoms. The van der Waals surface area contributed by atoms with Crippen LogP contribution in [0.15, 0.2) is 25.3 Å². The summed E-state index contributed by atoms with van der Waals surface area (Å²) in [6, 6.07) is 0. The van der Waals surface area contributed by atoms with E-state index in [4.69, 9.17) is 9.47 Å². The summed E-state index contributed by atoms with van der Waals surface area (Å²) in [6.07, 6.45) is 1.18. The lowest BCUT2D eigenvalue weighted by Gasteiger charge is -2.19. The van der Waals surface area contributed by atoms with Crippen LogP contribution in [-0.2, 0) is 9.47 Å². The second-order valence-electron chi connectivity index (χ2n) is 3.42. The average molecular weight is 248 g/mol. The first-order valence-electron chi connectivity index (χ1n) is 5.09. The molecule has 0 radical (unpaired) electrons. The highest BCUT2D eigenvalue weighted by Gasteiger charge is 2.44. The molecule has 0 bridgehead atoms. The Morgan fingerprint density at radius 2 is 2.00 bits per heavy atom. The maximum absolute atomic E-state index is 13.6. The standard InChI is InChI=1S/C11H17FO3S/c1-3-5-14-7-8-10(15-6-4-2)9(12)11(13)16-8/h3-4,8-11,13H,1-2,5-7H2/t8-,9-,10-,11?/m1/s1. The molecule has 1 saturated heterocycles. The van der Waals surface area contributed by atoms with Crippen LogP contribution in [0, 0.1) is 0 Å². The Labute approximate surface area is 99.3 Å². The monoisotopic (exact) mass is 248 g/mol. The zero-order chi connectivity index (χ0) is 12.0. The second kappa shape index (κ2) is 7.06. The van der Waals surface area contributed by atoms with Crippen LogP contribution in [0.25, 0.3) is 0 Å². The number of halogens is 1. The van der Waals surface area contributed by atoms with Gasteiger partial charge in [-0.2, -0.15) is 0 Å². The van der Waals surface area contributed by atoms with Crippen LogP contribution >= 0.6 is 11.8 Å². The first-order valence-corrected chi connectivity index (χ1v) is 6.03. The van der Waals surface area contributed by atoms with Gasteiger partial charge in [0.1, 0.15) is 11.5 Å². The van der Waals surface area contributed by atoms with E-state index < -0.39 is 17.7 Å². The fraction of sp³-hybridized carbons (Fsp3) is 0.636. The van der Waals surface area contributed by atoms with E-state index in [-0.39, 0.29) is 11.9 Å². The Balaban J connectivity index is 2.45. The number of aliphatic hydroxyl groups is 1. The van der Waals surface area contributed by atoms with Crippen molar-refractivity contribution in [3.8, 4) is 0 Å². The predicted molar refractivity (Wildman–Crippen MR) is 63.2 cm³/mol. The van der Waals surface area contributed by atoms with E-state index in [1.807, 2.05) is 0 Å². The van der Waals surface area contributed by atoms with Crippen LogP contribution in [0.5, 0.6) is 0 Å². The topological polar surface area (TPSA) is 38.7 Å². The van der Waals surface area contributed by atoms with Gasteiger partial charge in [0.15, 0.2) is 6.17 Å². The maximum atomic E-state index is 13.6. The predicted octanol–water partition coefficient (Wildman–Crippen LogP) is 1.53. The van der Waals surface area contributed by atoms with Crippen LogP contribution in [0.2, 0.25) is 0 Å². The number of aliphatic hydroxyl groups excluding tert-OH is 1. The molecule has 1 aliphatic rings. The Morgan fingerprint density at radius 3 is 2.62 bits per heavy atom. The zero-order valence-electron chi connectivity index (χ0n) is 9.05. The van der Waals surface area contributed by atoms with Crippen molar-refractivity contribution in [3.63, 3.8) is 0 Å². The van der Waals surface area contributed by atoms with Gasteiger partial charge in [-0.25, -0.2) is 4.39 Å². The molecule has 0 aromatic carbocycles. The third-order valence-corrected chi connectivity index (χ3v) is 3.48. The maximum Gasteiger partial charge on any atom is 0.162 e. The van der Waals surface area contributed by atoms with Crippen molar-refractivity contribution in [1.29, 1.82) is 0 Å². The van der Waals surface area contributed by atoms with Crippen molar-refractivity contribution in [2.75, 3.05) is 19.8 Å². The fourth-order valence-corrected chi connectivity index (χ4v) is 2.70. The number of ether oxygens (including phenoxy) is 2. The largest absolute Gasteiger partial charge is 0.379 e. The second-order valence-corrected chi connectivity index (χ2v) is 4.78. The summed E-state index contributed by atoms with van der Waals surface area (Å²) in [6.45, 7) is 8.06. The molecule has 16 heavy (non-hydrogen) atoms. The van der Waals surface area contributed by atoms with Gasteiger partial charge in [0.05, 0.1) is 25.1 Å². The third kappa shape index (κ3) is 3.59. The lowest BCUT2D eigenvalue weighted by molar-refractivity contribution is -0.0171. The quantitative estimate of drug-likeness (QED) is 0.548. The summed E-state index contributed by atoms with van der Waals surface area (Å²) in [7, 11) is 0. The normalized spacial score (nSPS) is 33.9. The van der Waals surface area contributed by atoms with Gasteiger partial charge in [-0.15, -0.1) is 24.9 Å². The molecule has 1 unspecified atom stereocenters. The molecule has 4 atom stereocenters. The van der Waals surface area contributed by atoms with Gasteiger partial charge in [0, 0.05) is 0 Å². The zero-order valence-corrected chi connectivity index (χ0v) is 9.87. The number of alkyl halides is 1. The molecule has 92 valence electrons. The summed E-state index contributed by atoms with van der Waals surface area (Å²) in [5.41, 5.74) is -1.04.